The summed E-state index contributed by atoms with van der Waals surface area (Å²) in [6.45, 7) is 16.3. The van der Waals surface area contributed by atoms with Crippen LogP contribution in [0.1, 0.15) is 44.2 Å². The first-order valence-corrected chi connectivity index (χ1v) is 12.1. The molecule has 0 radical (unpaired) electrons. The van der Waals surface area contributed by atoms with Gasteiger partial charge in [-0.25, -0.2) is 4.59 Å². The number of hydrogen-bond acceptors (Lipinski definition) is 2. The highest BCUT2D eigenvalue weighted by Gasteiger charge is 2.42. The van der Waals surface area contributed by atoms with Gasteiger partial charge in [0.15, 0.2) is 0 Å². The van der Waals surface area contributed by atoms with E-state index in [1.165, 1.54) is 5.56 Å². The molecule has 0 aliphatic carbocycles. The Labute approximate surface area is 214 Å². The second kappa shape index (κ2) is 13.6. The van der Waals surface area contributed by atoms with E-state index in [1.54, 1.807) is 0 Å². The first-order chi connectivity index (χ1) is 15.3. The minimum absolute atomic E-state index is 0. The molecule has 180 valence electrons. The van der Waals surface area contributed by atoms with Gasteiger partial charge in [-0.15, -0.1) is 6.58 Å². The van der Waals surface area contributed by atoms with Crippen LogP contribution in [0.4, 0.5) is 5.69 Å². The predicted octanol–water partition coefficient (Wildman–Crippen LogP) is 3.11. The lowest BCUT2D eigenvalue weighted by molar-refractivity contribution is -1.04. The zero-order chi connectivity index (χ0) is 23.7. The van der Waals surface area contributed by atoms with E-state index in [9.17, 15) is 4.79 Å². The van der Waals surface area contributed by atoms with Crippen molar-refractivity contribution < 1.29 is 21.8 Å². The van der Waals surface area contributed by atoms with Gasteiger partial charge < -0.3 is 18.1 Å². The van der Waals surface area contributed by atoms with Crippen molar-refractivity contribution in [3.8, 4) is 0 Å². The molecule has 1 amide bonds. The van der Waals surface area contributed by atoms with Gasteiger partial charge in [-0.05, 0) is 72.5 Å². The Kier molecular flexibility index (Phi) is 11.9. The summed E-state index contributed by atoms with van der Waals surface area (Å²) in [5, 5.41) is 2.00. The van der Waals surface area contributed by atoms with Crippen LogP contribution in [0, 0.1) is 0 Å². The number of rotatable bonds is 12. The predicted molar refractivity (Wildman–Crippen MR) is 139 cm³/mol. The highest BCUT2D eigenvalue weighted by Crippen LogP contribution is 2.28. The number of carbonyl (C=O) groups excluding carboxylic acids is 1. The van der Waals surface area contributed by atoms with Crippen LogP contribution in [0.15, 0.2) is 78.3 Å². The average molecular weight is 535 g/mol. The topological polar surface area (TPSA) is 46.3 Å². The lowest BCUT2D eigenvalue weighted by atomic mass is 9.99. The lowest BCUT2D eigenvalue weighted by Gasteiger charge is -2.49. The van der Waals surface area contributed by atoms with Crippen LogP contribution >= 0.6 is 15.9 Å². The van der Waals surface area contributed by atoms with Crippen molar-refractivity contribution >= 4 is 27.5 Å². The quantitative estimate of drug-likeness (QED) is 0.197. The third-order valence-electron chi connectivity index (χ3n) is 6.44. The molecule has 6 heteroatoms. The van der Waals surface area contributed by atoms with Crippen LogP contribution in [0.2, 0.25) is 0 Å². The molecule has 3 atom stereocenters. The summed E-state index contributed by atoms with van der Waals surface area (Å²) in [6, 6.07) is 16.3. The molecule has 0 aliphatic heterocycles. The van der Waals surface area contributed by atoms with Crippen LogP contribution in [0.5, 0.6) is 0 Å². The molecular formula is C27H37BrClN3O. The second-order valence-electron chi connectivity index (χ2n) is 8.36. The van der Waals surface area contributed by atoms with Gasteiger partial charge in [-0.1, -0.05) is 49.1 Å². The van der Waals surface area contributed by atoms with Crippen molar-refractivity contribution in [2.24, 2.45) is 0 Å². The second-order valence-corrected chi connectivity index (χ2v) is 9.21. The summed E-state index contributed by atoms with van der Waals surface area (Å²) < 4.78 is 1.45. The Balaban J connectivity index is 0.00000544. The Bertz CT molecular complexity index is 921. The SMILES string of the molecule is C=CCN(C(=O)C(C)c1ccccc1)[N+](CC)(CC=C)C(C)CCc1ccc(N)c(Br)c1.[Cl-]. The summed E-state index contributed by atoms with van der Waals surface area (Å²) in [6.07, 6.45) is 5.59. The smallest absolute Gasteiger partial charge is 0.275 e. The Morgan fingerprint density at radius 1 is 1.15 bits per heavy atom. The molecule has 2 aromatic carbocycles. The molecule has 4 nitrogen and oxygen atoms in total. The molecule has 2 rings (SSSR count). The van der Waals surface area contributed by atoms with Crippen LogP contribution in [-0.2, 0) is 11.2 Å². The van der Waals surface area contributed by atoms with Crippen LogP contribution in [0.25, 0.3) is 0 Å². The third-order valence-corrected chi connectivity index (χ3v) is 7.12. The van der Waals surface area contributed by atoms with Crippen LogP contribution < -0.4 is 18.1 Å². The Hall–Kier alpha value is -2.08. The minimum Gasteiger partial charge on any atom is -1.00 e. The van der Waals surface area contributed by atoms with Gasteiger partial charge >= 0.3 is 0 Å². The molecule has 0 aliphatic rings. The molecule has 0 saturated heterocycles. The fourth-order valence-corrected chi connectivity index (χ4v) is 4.80. The van der Waals surface area contributed by atoms with E-state index in [1.807, 2.05) is 60.5 Å². The van der Waals surface area contributed by atoms with Crippen molar-refractivity contribution in [3.05, 3.63) is 89.4 Å². The van der Waals surface area contributed by atoms with Gasteiger partial charge in [0.1, 0.15) is 12.6 Å². The van der Waals surface area contributed by atoms with Crippen LogP contribution in [-0.4, -0.2) is 41.2 Å². The standard InChI is InChI=1S/C27H37BrN3O.ClH/c1-6-18-30(27(32)22(5)24-12-10-9-11-13-24)31(8-3,19-7-2)21(4)14-15-23-16-17-26(29)25(28)20-23;/h6-7,9-13,16-17,20-22H,1-2,8,14-15,18-19,29H2,3-5H3;1H/q+1;/p-1. The number of amides is 1. The van der Waals surface area contributed by atoms with Gasteiger partial charge in [-0.3, -0.25) is 4.79 Å². The average Bonchev–Trinajstić information content (AvgIpc) is 2.81. The lowest BCUT2D eigenvalue weighted by Crippen LogP contribution is -3.00. The summed E-state index contributed by atoms with van der Waals surface area (Å²) in [5.41, 5.74) is 8.94. The molecule has 0 spiro atoms. The van der Waals surface area contributed by atoms with E-state index in [0.29, 0.717) is 17.7 Å². The third kappa shape index (κ3) is 6.95. The maximum Gasteiger partial charge on any atom is 0.275 e. The number of hydrogen-bond donors (Lipinski definition) is 1. The van der Waals surface area contributed by atoms with Gasteiger partial charge in [0, 0.05) is 16.6 Å². The molecule has 0 aromatic heterocycles. The number of quaternary nitrogens is 1. The molecule has 0 bridgehead atoms. The van der Waals surface area contributed by atoms with Crippen molar-refractivity contribution in [1.29, 1.82) is 0 Å². The number of carbonyl (C=O) groups is 1. The fourth-order valence-electron chi connectivity index (χ4n) is 4.37. The van der Waals surface area contributed by atoms with E-state index in [4.69, 9.17) is 5.73 Å². The number of benzene rings is 2. The first kappa shape index (κ1) is 29.0. The molecule has 33 heavy (non-hydrogen) atoms. The number of nitrogen functional groups attached to an aromatic ring is 1. The highest BCUT2D eigenvalue weighted by atomic mass is 79.9. The van der Waals surface area contributed by atoms with Crippen molar-refractivity contribution in [2.45, 2.75) is 45.6 Å². The Morgan fingerprint density at radius 3 is 2.36 bits per heavy atom. The van der Waals surface area contributed by atoms with Crippen LogP contribution in [0.3, 0.4) is 0 Å². The number of halogens is 2. The molecule has 2 aromatic rings. The maximum absolute atomic E-state index is 13.8. The minimum atomic E-state index is -0.231. The maximum atomic E-state index is 13.8. The molecular weight excluding hydrogens is 498 g/mol. The monoisotopic (exact) mass is 533 g/mol. The number of nitrogens with two attached hydrogens (primary N) is 1. The summed E-state index contributed by atoms with van der Waals surface area (Å²) in [4.78, 5) is 13.8. The summed E-state index contributed by atoms with van der Waals surface area (Å²) >= 11 is 3.53. The van der Waals surface area contributed by atoms with Gasteiger partial charge in [0.25, 0.3) is 5.91 Å². The summed E-state index contributed by atoms with van der Waals surface area (Å²) in [7, 11) is 0. The van der Waals surface area contributed by atoms with E-state index in [-0.39, 0.29) is 30.3 Å². The van der Waals surface area contributed by atoms with Crippen molar-refractivity contribution in [3.63, 3.8) is 0 Å². The van der Waals surface area contributed by atoms with Gasteiger partial charge in [0.05, 0.1) is 19.0 Å². The van der Waals surface area contributed by atoms with E-state index < -0.39 is 0 Å². The highest BCUT2D eigenvalue weighted by molar-refractivity contribution is 9.10. The number of anilines is 1. The van der Waals surface area contributed by atoms with Crippen molar-refractivity contribution in [2.75, 3.05) is 25.4 Å². The largest absolute Gasteiger partial charge is 1.00 e. The molecule has 0 fully saturated rings. The summed E-state index contributed by atoms with van der Waals surface area (Å²) in [5.74, 6) is -0.118. The number of nitrogens with zero attached hydrogens (tertiary/aromatic N) is 2. The molecule has 2 N–H and O–H groups in total. The van der Waals surface area contributed by atoms with E-state index in [0.717, 1.165) is 35.1 Å². The van der Waals surface area contributed by atoms with Crippen molar-refractivity contribution in [1.82, 2.24) is 5.01 Å². The zero-order valence-electron chi connectivity index (χ0n) is 20.0. The molecule has 0 saturated carbocycles. The van der Waals surface area contributed by atoms with Gasteiger partial charge in [-0.2, -0.15) is 5.01 Å². The van der Waals surface area contributed by atoms with Gasteiger partial charge in [0.2, 0.25) is 0 Å². The van der Waals surface area contributed by atoms with E-state index in [2.05, 4.69) is 55.1 Å². The zero-order valence-corrected chi connectivity index (χ0v) is 22.4. The number of likely N-dealkylation sites (N-methyl/N-ethyl adjacent to an activating group) is 1. The molecule has 3 unspecified atom stereocenters. The van der Waals surface area contributed by atoms with E-state index >= 15 is 0 Å². The first-order valence-electron chi connectivity index (χ1n) is 11.3. The fraction of sp³-hybridized carbons (Fsp3) is 0.370. The number of aryl methyl sites for hydroxylation is 1. The normalized spacial score (nSPS) is 14.3. The Morgan fingerprint density at radius 2 is 1.82 bits per heavy atom. The molecule has 0 heterocycles.